The third-order valence-electron chi connectivity index (χ3n) is 8.39. The maximum atomic E-state index is 14.5. The lowest BCUT2D eigenvalue weighted by Crippen LogP contribution is -2.31. The Balaban J connectivity index is 1.10. The van der Waals surface area contributed by atoms with Crippen LogP contribution in [-0.4, -0.2) is 47.0 Å². The number of nitrogens with one attached hydrogen (secondary N) is 2. The molecular weight excluding hydrogens is 622 g/mol. The molecule has 4 aromatic carbocycles. The van der Waals surface area contributed by atoms with Gasteiger partial charge in [0.1, 0.15) is 5.75 Å². The van der Waals surface area contributed by atoms with Gasteiger partial charge in [-0.3, -0.25) is 4.79 Å². The normalized spacial score (nSPS) is 13.8. The fourth-order valence-corrected chi connectivity index (χ4v) is 5.80. The van der Waals surface area contributed by atoms with Crippen molar-refractivity contribution in [1.82, 2.24) is 14.9 Å². The van der Waals surface area contributed by atoms with Crippen molar-refractivity contribution in [3.63, 3.8) is 0 Å². The molecule has 248 valence electrons. The van der Waals surface area contributed by atoms with Gasteiger partial charge >= 0.3 is 6.18 Å². The van der Waals surface area contributed by atoms with Crippen molar-refractivity contribution in [3.05, 3.63) is 108 Å². The molecule has 1 aliphatic rings. The minimum atomic E-state index is -4.88. The quantitative estimate of drug-likeness (QED) is 0.115. The number of aromatic nitrogens is 2. The Hall–Kier alpha value is -5.03. The molecular formula is C37H35F4N5O2. The van der Waals surface area contributed by atoms with Crippen LogP contribution < -0.4 is 15.4 Å². The Kier molecular flexibility index (Phi) is 9.86. The fourth-order valence-electron chi connectivity index (χ4n) is 5.80. The maximum absolute atomic E-state index is 14.5. The van der Waals surface area contributed by atoms with E-state index in [0.29, 0.717) is 24.1 Å². The van der Waals surface area contributed by atoms with Gasteiger partial charge in [-0.1, -0.05) is 24.6 Å². The standard InChI is InChI=1S/C37H35F4N5O2/c1-24-9-10-26(35(47)44-33-8-5-7-31(34(33)38)37(39,40)41)22-30(24)25-11-16-32-27(21-25)23-42-36(45-32)43-28-12-14-29(15-13-28)48-20-6-19-46-17-3-2-4-18-46/h5,7-16,21-23H,2-4,6,17-20H2,1H3,(H,44,47)(H,42,43,45). The minimum absolute atomic E-state index is 0.164. The van der Waals surface area contributed by atoms with E-state index in [4.69, 9.17) is 4.74 Å². The average molecular weight is 658 g/mol. The van der Waals surface area contributed by atoms with Gasteiger partial charge < -0.3 is 20.3 Å². The Morgan fingerprint density at radius 2 is 1.75 bits per heavy atom. The number of hydrogen-bond acceptors (Lipinski definition) is 6. The number of hydrogen-bond donors (Lipinski definition) is 2. The van der Waals surface area contributed by atoms with E-state index >= 15 is 0 Å². The van der Waals surface area contributed by atoms with Gasteiger partial charge in [0.2, 0.25) is 5.95 Å². The van der Waals surface area contributed by atoms with E-state index in [2.05, 4.69) is 25.5 Å². The van der Waals surface area contributed by atoms with Crippen molar-refractivity contribution >= 4 is 34.1 Å². The number of carbonyl (C=O) groups is 1. The number of anilines is 3. The monoisotopic (exact) mass is 657 g/mol. The van der Waals surface area contributed by atoms with Crippen LogP contribution in [0, 0.1) is 12.7 Å². The van der Waals surface area contributed by atoms with Crippen molar-refractivity contribution in [1.29, 1.82) is 0 Å². The Morgan fingerprint density at radius 3 is 2.52 bits per heavy atom. The van der Waals surface area contributed by atoms with Crippen LogP contribution in [-0.2, 0) is 6.18 Å². The molecule has 0 aliphatic carbocycles. The Morgan fingerprint density at radius 1 is 0.958 bits per heavy atom. The topological polar surface area (TPSA) is 79.4 Å². The van der Waals surface area contributed by atoms with Crippen molar-refractivity contribution in [2.24, 2.45) is 0 Å². The van der Waals surface area contributed by atoms with E-state index in [1.165, 1.54) is 38.4 Å². The molecule has 7 nitrogen and oxygen atoms in total. The second kappa shape index (κ2) is 14.4. The second-order valence-electron chi connectivity index (χ2n) is 11.9. The number of nitrogens with zero attached hydrogens (tertiary/aromatic N) is 3. The first kappa shape index (κ1) is 32.9. The molecule has 0 spiro atoms. The highest BCUT2D eigenvalue weighted by Gasteiger charge is 2.35. The molecule has 0 radical (unpaired) electrons. The zero-order valence-corrected chi connectivity index (χ0v) is 26.4. The van der Waals surface area contributed by atoms with Gasteiger partial charge in [0.05, 0.1) is 23.4 Å². The lowest BCUT2D eigenvalue weighted by atomic mass is 9.97. The molecule has 1 amide bonds. The van der Waals surface area contributed by atoms with Crippen molar-refractivity contribution in [2.45, 2.75) is 38.8 Å². The number of aryl methyl sites for hydroxylation is 1. The number of alkyl halides is 3. The molecule has 1 fully saturated rings. The lowest BCUT2D eigenvalue weighted by Gasteiger charge is -2.26. The Labute approximate surface area is 276 Å². The summed E-state index contributed by atoms with van der Waals surface area (Å²) >= 11 is 0. The molecule has 5 aromatic rings. The number of rotatable bonds is 10. The van der Waals surface area contributed by atoms with Crippen LogP contribution in [0.1, 0.15) is 47.2 Å². The van der Waals surface area contributed by atoms with Crippen LogP contribution in [0.15, 0.2) is 85.1 Å². The van der Waals surface area contributed by atoms with E-state index in [1.807, 2.05) is 49.4 Å². The summed E-state index contributed by atoms with van der Waals surface area (Å²) in [5, 5.41) is 6.27. The number of piperidine rings is 1. The molecule has 0 unspecified atom stereocenters. The largest absolute Gasteiger partial charge is 0.494 e. The summed E-state index contributed by atoms with van der Waals surface area (Å²) in [6.45, 7) is 6.00. The summed E-state index contributed by atoms with van der Waals surface area (Å²) in [5.74, 6) is -1.02. The van der Waals surface area contributed by atoms with E-state index < -0.39 is 29.2 Å². The average Bonchev–Trinajstić information content (AvgIpc) is 3.08. The van der Waals surface area contributed by atoms with E-state index in [9.17, 15) is 22.4 Å². The van der Waals surface area contributed by atoms with Crippen molar-refractivity contribution in [2.75, 3.05) is 36.9 Å². The van der Waals surface area contributed by atoms with Crippen LogP contribution in [0.4, 0.5) is 34.9 Å². The third kappa shape index (κ3) is 7.91. The first-order valence-electron chi connectivity index (χ1n) is 15.9. The molecule has 11 heteroatoms. The lowest BCUT2D eigenvalue weighted by molar-refractivity contribution is -0.139. The molecule has 1 saturated heterocycles. The van der Waals surface area contributed by atoms with Crippen LogP contribution in [0.3, 0.4) is 0 Å². The molecule has 2 heterocycles. The Bertz CT molecular complexity index is 1910. The summed E-state index contributed by atoms with van der Waals surface area (Å²) in [6.07, 6.45) is 1.73. The number of carbonyl (C=O) groups excluding carboxylic acids is 1. The van der Waals surface area contributed by atoms with Crippen LogP contribution in [0.2, 0.25) is 0 Å². The molecule has 1 aromatic heterocycles. The molecule has 0 atom stereocenters. The molecule has 0 saturated carbocycles. The summed E-state index contributed by atoms with van der Waals surface area (Å²) in [4.78, 5) is 24.6. The van der Waals surface area contributed by atoms with Crippen LogP contribution in [0.25, 0.3) is 22.0 Å². The summed E-state index contributed by atoms with van der Waals surface area (Å²) in [5.41, 5.74) is 2.08. The highest BCUT2D eigenvalue weighted by Crippen LogP contribution is 2.34. The second-order valence-corrected chi connectivity index (χ2v) is 11.9. The van der Waals surface area contributed by atoms with Gasteiger partial charge in [-0.2, -0.15) is 13.2 Å². The molecule has 6 rings (SSSR count). The molecule has 0 bridgehead atoms. The molecule has 1 aliphatic heterocycles. The SMILES string of the molecule is Cc1ccc(C(=O)Nc2cccc(C(F)(F)F)c2F)cc1-c1ccc2nc(Nc3ccc(OCCCN4CCCCC4)cc3)ncc2c1. The van der Waals surface area contributed by atoms with E-state index in [0.717, 1.165) is 58.6 Å². The number of fused-ring (bicyclic) bond motifs is 1. The van der Waals surface area contributed by atoms with Crippen molar-refractivity contribution in [3.8, 4) is 16.9 Å². The maximum Gasteiger partial charge on any atom is 0.419 e. The fraction of sp³-hybridized carbons (Fsp3) is 0.270. The number of halogens is 4. The smallest absolute Gasteiger partial charge is 0.419 e. The third-order valence-corrected chi connectivity index (χ3v) is 8.39. The van der Waals surface area contributed by atoms with Gasteiger partial charge in [0, 0.05) is 29.4 Å². The number of ether oxygens (including phenoxy) is 1. The van der Waals surface area contributed by atoms with E-state index in [-0.39, 0.29) is 5.56 Å². The highest BCUT2D eigenvalue weighted by molar-refractivity contribution is 6.05. The van der Waals surface area contributed by atoms with Gasteiger partial charge in [0.15, 0.2) is 5.82 Å². The van der Waals surface area contributed by atoms with Gasteiger partial charge in [-0.25, -0.2) is 14.4 Å². The number of likely N-dealkylation sites (tertiary alicyclic amines) is 1. The van der Waals surface area contributed by atoms with Gasteiger partial charge in [0.25, 0.3) is 5.91 Å². The number of benzene rings is 4. The summed E-state index contributed by atoms with van der Waals surface area (Å²) in [6, 6.07) is 20.9. The predicted octanol–water partition coefficient (Wildman–Crippen LogP) is 9.01. The summed E-state index contributed by atoms with van der Waals surface area (Å²) < 4.78 is 59.8. The minimum Gasteiger partial charge on any atom is -0.494 e. The molecule has 2 N–H and O–H groups in total. The first-order valence-corrected chi connectivity index (χ1v) is 15.9. The van der Waals surface area contributed by atoms with Gasteiger partial charge in [-0.15, -0.1) is 0 Å². The molecule has 48 heavy (non-hydrogen) atoms. The zero-order valence-electron chi connectivity index (χ0n) is 26.4. The zero-order chi connectivity index (χ0) is 33.7. The first-order chi connectivity index (χ1) is 23.1. The summed E-state index contributed by atoms with van der Waals surface area (Å²) in [7, 11) is 0. The van der Waals surface area contributed by atoms with Crippen molar-refractivity contribution < 1.29 is 27.1 Å². The predicted molar refractivity (Wildman–Crippen MR) is 179 cm³/mol. The van der Waals surface area contributed by atoms with Crippen LogP contribution in [0.5, 0.6) is 5.75 Å². The highest BCUT2D eigenvalue weighted by atomic mass is 19.4. The van der Waals surface area contributed by atoms with E-state index in [1.54, 1.807) is 18.3 Å². The van der Waals surface area contributed by atoms with Gasteiger partial charge in [-0.05, 0) is 117 Å². The number of amides is 1. The van der Waals surface area contributed by atoms with Crippen LogP contribution >= 0.6 is 0 Å².